The first kappa shape index (κ1) is 17.7. The van der Waals surface area contributed by atoms with E-state index in [1.807, 2.05) is 18.2 Å². The number of esters is 2. The molecule has 0 bridgehead atoms. The first-order valence-electron chi connectivity index (χ1n) is 6.50. The molecular formula is C16H13BrINO4. The summed E-state index contributed by atoms with van der Waals surface area (Å²) in [6.45, 7) is 0. The van der Waals surface area contributed by atoms with Crippen molar-refractivity contribution in [2.24, 2.45) is 0 Å². The molecule has 0 aromatic heterocycles. The van der Waals surface area contributed by atoms with Gasteiger partial charge in [0.05, 0.1) is 30.0 Å². The van der Waals surface area contributed by atoms with Crippen molar-refractivity contribution in [1.29, 1.82) is 0 Å². The number of anilines is 1. The van der Waals surface area contributed by atoms with Crippen LogP contribution in [0.2, 0.25) is 0 Å². The van der Waals surface area contributed by atoms with Gasteiger partial charge in [-0.3, -0.25) is 0 Å². The summed E-state index contributed by atoms with van der Waals surface area (Å²) in [4.78, 5) is 26.0. The molecule has 0 N–H and O–H groups in total. The van der Waals surface area contributed by atoms with Crippen LogP contribution < -0.4 is 4.90 Å². The van der Waals surface area contributed by atoms with Gasteiger partial charge in [-0.2, -0.15) is 0 Å². The third kappa shape index (κ3) is 3.66. The van der Waals surface area contributed by atoms with E-state index in [-0.39, 0.29) is 11.3 Å². The molecule has 120 valence electrons. The molecule has 0 amide bonds. The molecule has 0 aliphatic carbocycles. The molecule has 0 saturated heterocycles. The van der Waals surface area contributed by atoms with E-state index in [0.29, 0.717) is 5.69 Å². The van der Waals surface area contributed by atoms with E-state index in [1.165, 1.54) is 20.3 Å². The molecule has 1 aromatic rings. The van der Waals surface area contributed by atoms with E-state index in [4.69, 9.17) is 9.47 Å². The topological polar surface area (TPSA) is 55.8 Å². The van der Waals surface area contributed by atoms with Gasteiger partial charge in [0, 0.05) is 9.77 Å². The van der Waals surface area contributed by atoms with Gasteiger partial charge in [-0.1, -0.05) is 12.1 Å². The first-order chi connectivity index (χ1) is 11.0. The van der Waals surface area contributed by atoms with E-state index in [2.05, 4.69) is 38.5 Å². The van der Waals surface area contributed by atoms with Crippen LogP contribution in [0.25, 0.3) is 0 Å². The Morgan fingerprint density at radius 3 is 2.48 bits per heavy atom. The maximum absolute atomic E-state index is 12.3. The predicted octanol–water partition coefficient (Wildman–Crippen LogP) is 3.54. The summed E-state index contributed by atoms with van der Waals surface area (Å²) in [5, 5.41) is 0. The van der Waals surface area contributed by atoms with Crippen molar-refractivity contribution in [3.8, 4) is 0 Å². The maximum Gasteiger partial charge on any atom is 0.355 e. The average Bonchev–Trinajstić information content (AvgIpc) is 2.78. The zero-order chi connectivity index (χ0) is 17.0. The lowest BCUT2D eigenvalue weighted by Crippen LogP contribution is -2.27. The Bertz CT molecular complexity index is 740. The van der Waals surface area contributed by atoms with Crippen LogP contribution in [0.3, 0.4) is 0 Å². The standard InChI is InChI=1S/C16H13BrINO4/c1-22-15(20)10-6-3-4-9-19(14(10)16(21)23-2)12-8-5-7-11(18)13(12)17/h3-9H,1-2H3. The molecule has 23 heavy (non-hydrogen) atoms. The lowest BCUT2D eigenvalue weighted by atomic mass is 10.1. The second kappa shape index (κ2) is 7.78. The van der Waals surface area contributed by atoms with E-state index in [0.717, 1.165) is 8.04 Å². The third-order valence-electron chi connectivity index (χ3n) is 3.08. The van der Waals surface area contributed by atoms with Crippen molar-refractivity contribution in [1.82, 2.24) is 0 Å². The van der Waals surface area contributed by atoms with E-state index >= 15 is 0 Å². The highest BCUT2D eigenvalue weighted by atomic mass is 127. The first-order valence-corrected chi connectivity index (χ1v) is 8.37. The molecular weight excluding hydrogens is 477 g/mol. The fraction of sp³-hybridized carbons (Fsp3) is 0.125. The number of carbonyl (C=O) groups excluding carboxylic acids is 2. The molecule has 1 aliphatic rings. The van der Waals surface area contributed by atoms with Crippen LogP contribution in [0.4, 0.5) is 5.69 Å². The number of carbonyl (C=O) groups is 2. The van der Waals surface area contributed by atoms with Gasteiger partial charge in [0.2, 0.25) is 0 Å². The highest BCUT2D eigenvalue weighted by molar-refractivity contribution is 14.1. The maximum atomic E-state index is 12.3. The highest BCUT2D eigenvalue weighted by Crippen LogP contribution is 2.35. The lowest BCUT2D eigenvalue weighted by Gasteiger charge is -2.24. The van der Waals surface area contributed by atoms with Gasteiger partial charge in [0.1, 0.15) is 5.70 Å². The van der Waals surface area contributed by atoms with Crippen LogP contribution in [0.5, 0.6) is 0 Å². The Labute approximate surface area is 155 Å². The summed E-state index contributed by atoms with van der Waals surface area (Å²) in [7, 11) is 2.53. The monoisotopic (exact) mass is 489 g/mol. The van der Waals surface area contributed by atoms with Crippen molar-refractivity contribution < 1.29 is 19.1 Å². The number of ether oxygens (including phenoxy) is 2. The summed E-state index contributed by atoms with van der Waals surface area (Å²) in [5.74, 6) is -1.25. The molecule has 1 aliphatic heterocycles. The normalized spacial score (nSPS) is 13.8. The van der Waals surface area contributed by atoms with Gasteiger partial charge in [-0.05, 0) is 62.8 Å². The molecule has 0 atom stereocenters. The second-order valence-electron chi connectivity index (χ2n) is 4.39. The van der Waals surface area contributed by atoms with Crippen LogP contribution >= 0.6 is 38.5 Å². The van der Waals surface area contributed by atoms with Crippen LogP contribution in [0.15, 0.2) is 58.4 Å². The summed E-state index contributed by atoms with van der Waals surface area (Å²) in [6, 6.07) is 5.62. The van der Waals surface area contributed by atoms with Gasteiger partial charge in [0.25, 0.3) is 0 Å². The summed E-state index contributed by atoms with van der Waals surface area (Å²) >= 11 is 5.70. The minimum Gasteiger partial charge on any atom is -0.465 e. The van der Waals surface area contributed by atoms with Crippen molar-refractivity contribution in [2.75, 3.05) is 19.1 Å². The Morgan fingerprint density at radius 2 is 1.83 bits per heavy atom. The molecule has 0 saturated carbocycles. The van der Waals surface area contributed by atoms with Crippen LogP contribution in [-0.4, -0.2) is 26.2 Å². The van der Waals surface area contributed by atoms with Crippen LogP contribution in [0, 0.1) is 3.57 Å². The second-order valence-corrected chi connectivity index (χ2v) is 6.34. The van der Waals surface area contributed by atoms with Gasteiger partial charge in [-0.15, -0.1) is 0 Å². The fourth-order valence-electron chi connectivity index (χ4n) is 2.03. The summed E-state index contributed by atoms with van der Waals surface area (Å²) in [6.07, 6.45) is 6.60. The van der Waals surface area contributed by atoms with E-state index < -0.39 is 11.9 Å². The Balaban J connectivity index is 2.71. The number of halogens is 2. The van der Waals surface area contributed by atoms with E-state index in [9.17, 15) is 9.59 Å². The Hall–Kier alpha value is -1.61. The third-order valence-corrected chi connectivity index (χ3v) is 5.55. The number of benzene rings is 1. The molecule has 2 rings (SSSR count). The fourth-order valence-corrected chi connectivity index (χ4v) is 2.97. The Kier molecular flexibility index (Phi) is 6.00. The molecule has 0 unspecified atom stereocenters. The van der Waals surface area contributed by atoms with E-state index in [1.54, 1.807) is 23.3 Å². The zero-order valence-corrected chi connectivity index (χ0v) is 16.1. The highest BCUT2D eigenvalue weighted by Gasteiger charge is 2.28. The van der Waals surface area contributed by atoms with Crippen LogP contribution in [0.1, 0.15) is 0 Å². The van der Waals surface area contributed by atoms with Crippen molar-refractivity contribution in [3.63, 3.8) is 0 Å². The number of hydrogen-bond donors (Lipinski definition) is 0. The van der Waals surface area contributed by atoms with Gasteiger partial charge in [0.15, 0.2) is 0 Å². The van der Waals surface area contributed by atoms with Gasteiger partial charge < -0.3 is 14.4 Å². The minimum absolute atomic E-state index is 0.0899. The molecule has 0 spiro atoms. The van der Waals surface area contributed by atoms with Crippen molar-refractivity contribution in [2.45, 2.75) is 0 Å². The SMILES string of the molecule is COC(=O)C1=C(C(=O)OC)N(c2cccc(I)c2Br)C=CC=C1. The van der Waals surface area contributed by atoms with Gasteiger partial charge >= 0.3 is 11.9 Å². The van der Waals surface area contributed by atoms with Gasteiger partial charge in [-0.25, -0.2) is 9.59 Å². The van der Waals surface area contributed by atoms with Crippen molar-refractivity contribution >= 4 is 56.1 Å². The smallest absolute Gasteiger partial charge is 0.355 e. The molecule has 0 radical (unpaired) electrons. The summed E-state index contributed by atoms with van der Waals surface area (Å²) < 4.78 is 11.4. The zero-order valence-electron chi connectivity index (χ0n) is 12.4. The van der Waals surface area contributed by atoms with Crippen LogP contribution in [-0.2, 0) is 19.1 Å². The lowest BCUT2D eigenvalue weighted by molar-refractivity contribution is -0.139. The number of methoxy groups -OCH3 is 2. The predicted molar refractivity (Wildman–Crippen MR) is 98.7 cm³/mol. The number of nitrogens with zero attached hydrogens (tertiary/aromatic N) is 1. The number of hydrogen-bond acceptors (Lipinski definition) is 5. The average molecular weight is 490 g/mol. The number of allylic oxidation sites excluding steroid dienone is 2. The molecule has 0 fully saturated rings. The van der Waals surface area contributed by atoms with Crippen molar-refractivity contribution in [3.05, 3.63) is 61.9 Å². The Morgan fingerprint density at radius 1 is 1.13 bits per heavy atom. The molecule has 1 aromatic carbocycles. The molecule has 7 heteroatoms. The largest absolute Gasteiger partial charge is 0.465 e. The summed E-state index contributed by atoms with van der Waals surface area (Å²) in [5.41, 5.74) is 0.917. The molecule has 1 heterocycles. The molecule has 5 nitrogen and oxygen atoms in total. The quantitative estimate of drug-likeness (QED) is 0.480. The minimum atomic E-state index is -0.632. The number of rotatable bonds is 3.